The fourth-order valence-electron chi connectivity index (χ4n) is 1.43. The van der Waals surface area contributed by atoms with Gasteiger partial charge in [-0.3, -0.25) is 0 Å². The van der Waals surface area contributed by atoms with Crippen LogP contribution in [0.4, 0.5) is 0 Å². The van der Waals surface area contributed by atoms with Crippen molar-refractivity contribution < 1.29 is 9.90 Å². The van der Waals surface area contributed by atoms with Gasteiger partial charge >= 0.3 is 5.97 Å². The summed E-state index contributed by atoms with van der Waals surface area (Å²) in [6.07, 6.45) is 0. The van der Waals surface area contributed by atoms with Crippen LogP contribution in [0, 0.1) is 13.8 Å². The predicted molar refractivity (Wildman–Crippen MR) is 59.3 cm³/mol. The minimum atomic E-state index is -0.847. The molecule has 0 spiro atoms. The van der Waals surface area contributed by atoms with Gasteiger partial charge in [0, 0.05) is 4.90 Å². The molecule has 0 aliphatic rings. The Morgan fingerprint density at radius 1 is 1.43 bits per heavy atom. The van der Waals surface area contributed by atoms with Gasteiger partial charge in [-0.15, -0.1) is 11.8 Å². The van der Waals surface area contributed by atoms with Crippen molar-refractivity contribution in [1.29, 1.82) is 0 Å². The molecule has 0 radical (unpaired) electrons. The molecular formula is C11H14O2S. The third kappa shape index (κ3) is 2.10. The Labute approximate surface area is 88.3 Å². The van der Waals surface area contributed by atoms with Crippen LogP contribution in [-0.4, -0.2) is 16.8 Å². The molecule has 1 N–H and O–H groups in total. The predicted octanol–water partition coefficient (Wildman–Crippen LogP) is 3.11. The van der Waals surface area contributed by atoms with Crippen molar-refractivity contribution in [3.05, 3.63) is 28.8 Å². The molecule has 0 saturated carbocycles. The van der Waals surface area contributed by atoms with Crippen molar-refractivity contribution >= 4 is 17.7 Å². The summed E-state index contributed by atoms with van der Waals surface area (Å²) in [5.41, 5.74) is 2.44. The van der Waals surface area contributed by atoms with Gasteiger partial charge < -0.3 is 5.11 Å². The Morgan fingerprint density at radius 3 is 2.57 bits per heavy atom. The summed E-state index contributed by atoms with van der Waals surface area (Å²) in [6.45, 7) is 5.95. The lowest BCUT2D eigenvalue weighted by atomic mass is 10.1. The number of carboxylic acid groups (broad SMARTS) is 1. The molecule has 76 valence electrons. The molecule has 0 aliphatic carbocycles. The first kappa shape index (κ1) is 11.1. The Bertz CT molecular complexity index is 359. The molecule has 14 heavy (non-hydrogen) atoms. The Balaban J connectivity index is 3.26. The number of aromatic carboxylic acids is 1. The van der Waals surface area contributed by atoms with E-state index in [2.05, 4.69) is 6.92 Å². The summed E-state index contributed by atoms with van der Waals surface area (Å²) in [5, 5.41) is 8.94. The molecule has 0 saturated heterocycles. The SMILES string of the molecule is CCSc1c(C)ccc(C(=O)O)c1C. The van der Waals surface area contributed by atoms with Crippen molar-refractivity contribution in [1.82, 2.24) is 0 Å². The summed E-state index contributed by atoms with van der Waals surface area (Å²) >= 11 is 1.70. The van der Waals surface area contributed by atoms with Crippen LogP contribution in [0.3, 0.4) is 0 Å². The highest BCUT2D eigenvalue weighted by Gasteiger charge is 2.11. The zero-order chi connectivity index (χ0) is 10.7. The van der Waals surface area contributed by atoms with E-state index in [1.807, 2.05) is 19.9 Å². The number of thioether (sulfide) groups is 1. The first-order chi connectivity index (χ1) is 6.57. The minimum Gasteiger partial charge on any atom is -0.478 e. The first-order valence-electron chi connectivity index (χ1n) is 4.54. The van der Waals surface area contributed by atoms with Crippen LogP contribution in [0.2, 0.25) is 0 Å². The quantitative estimate of drug-likeness (QED) is 0.779. The standard InChI is InChI=1S/C11H14O2S/c1-4-14-10-7(2)5-6-9(8(10)3)11(12)13/h5-6H,4H2,1-3H3,(H,12,13). The Hall–Kier alpha value is -0.960. The van der Waals surface area contributed by atoms with Gasteiger partial charge in [0.15, 0.2) is 0 Å². The van der Waals surface area contributed by atoms with Crippen LogP contribution >= 0.6 is 11.8 Å². The molecule has 0 bridgehead atoms. The maximum Gasteiger partial charge on any atom is 0.335 e. The van der Waals surface area contributed by atoms with Gasteiger partial charge in [0.05, 0.1) is 5.56 Å². The van der Waals surface area contributed by atoms with Gasteiger partial charge in [0.1, 0.15) is 0 Å². The number of benzene rings is 1. The van der Waals surface area contributed by atoms with E-state index in [1.54, 1.807) is 17.8 Å². The number of rotatable bonds is 3. The summed E-state index contributed by atoms with van der Waals surface area (Å²) in [7, 11) is 0. The van der Waals surface area contributed by atoms with Crippen molar-refractivity contribution in [2.75, 3.05) is 5.75 Å². The molecule has 0 unspecified atom stereocenters. The van der Waals surface area contributed by atoms with E-state index in [4.69, 9.17) is 5.11 Å². The van der Waals surface area contributed by atoms with Crippen molar-refractivity contribution in [2.24, 2.45) is 0 Å². The number of aryl methyl sites for hydroxylation is 1. The number of hydrogen-bond donors (Lipinski definition) is 1. The van der Waals surface area contributed by atoms with E-state index in [1.165, 1.54) is 0 Å². The van der Waals surface area contributed by atoms with Crippen LogP contribution < -0.4 is 0 Å². The molecule has 0 fully saturated rings. The van der Waals surface area contributed by atoms with Crippen molar-refractivity contribution in [3.8, 4) is 0 Å². The maximum atomic E-state index is 10.9. The molecular weight excluding hydrogens is 196 g/mol. The molecule has 0 heterocycles. The van der Waals surface area contributed by atoms with Gasteiger partial charge in [0.2, 0.25) is 0 Å². The molecule has 0 aliphatic heterocycles. The summed E-state index contributed by atoms with van der Waals surface area (Å²) in [6, 6.07) is 3.54. The van der Waals surface area contributed by atoms with E-state index >= 15 is 0 Å². The highest BCUT2D eigenvalue weighted by Crippen LogP contribution is 2.28. The zero-order valence-electron chi connectivity index (χ0n) is 8.63. The van der Waals surface area contributed by atoms with Crippen LogP contribution in [0.1, 0.15) is 28.4 Å². The van der Waals surface area contributed by atoms with Crippen LogP contribution in [0.5, 0.6) is 0 Å². The third-order valence-corrected chi connectivity index (χ3v) is 3.33. The number of hydrogen-bond acceptors (Lipinski definition) is 2. The second kappa shape index (κ2) is 4.51. The maximum absolute atomic E-state index is 10.9. The van der Waals surface area contributed by atoms with E-state index < -0.39 is 5.97 Å². The molecule has 3 heteroatoms. The van der Waals surface area contributed by atoms with Gasteiger partial charge in [-0.25, -0.2) is 4.79 Å². The molecule has 0 amide bonds. The molecule has 1 rings (SSSR count). The van der Waals surface area contributed by atoms with Crippen molar-refractivity contribution in [2.45, 2.75) is 25.7 Å². The molecule has 1 aromatic rings. The average Bonchev–Trinajstić information content (AvgIpc) is 2.11. The van der Waals surface area contributed by atoms with Crippen LogP contribution in [0.15, 0.2) is 17.0 Å². The summed E-state index contributed by atoms with van der Waals surface area (Å²) < 4.78 is 0. The Morgan fingerprint density at radius 2 is 2.07 bits per heavy atom. The highest BCUT2D eigenvalue weighted by molar-refractivity contribution is 7.99. The normalized spacial score (nSPS) is 10.2. The molecule has 0 atom stereocenters. The monoisotopic (exact) mass is 210 g/mol. The second-order valence-electron chi connectivity index (χ2n) is 3.12. The van der Waals surface area contributed by atoms with E-state index in [-0.39, 0.29) is 0 Å². The fraction of sp³-hybridized carbons (Fsp3) is 0.364. The molecule has 0 aromatic heterocycles. The zero-order valence-corrected chi connectivity index (χ0v) is 9.44. The van der Waals surface area contributed by atoms with Crippen LogP contribution in [0.25, 0.3) is 0 Å². The van der Waals surface area contributed by atoms with Gasteiger partial charge in [-0.1, -0.05) is 13.0 Å². The van der Waals surface area contributed by atoms with E-state index in [0.29, 0.717) is 5.56 Å². The first-order valence-corrected chi connectivity index (χ1v) is 5.52. The van der Waals surface area contributed by atoms with Gasteiger partial charge in [0.25, 0.3) is 0 Å². The smallest absolute Gasteiger partial charge is 0.335 e. The largest absolute Gasteiger partial charge is 0.478 e. The second-order valence-corrected chi connectivity index (χ2v) is 4.40. The van der Waals surface area contributed by atoms with Crippen LogP contribution in [-0.2, 0) is 0 Å². The van der Waals surface area contributed by atoms with E-state index in [0.717, 1.165) is 21.8 Å². The van der Waals surface area contributed by atoms with E-state index in [9.17, 15) is 4.79 Å². The lowest BCUT2D eigenvalue weighted by molar-refractivity contribution is 0.0696. The minimum absolute atomic E-state index is 0.409. The molecule has 1 aromatic carbocycles. The van der Waals surface area contributed by atoms with Crippen molar-refractivity contribution in [3.63, 3.8) is 0 Å². The molecule has 2 nitrogen and oxygen atoms in total. The average molecular weight is 210 g/mol. The Kier molecular flexibility index (Phi) is 3.58. The highest BCUT2D eigenvalue weighted by atomic mass is 32.2. The fourth-order valence-corrected chi connectivity index (χ4v) is 2.34. The number of carbonyl (C=O) groups is 1. The lowest BCUT2D eigenvalue weighted by Gasteiger charge is -2.10. The van der Waals surface area contributed by atoms with Gasteiger partial charge in [-0.05, 0) is 36.8 Å². The topological polar surface area (TPSA) is 37.3 Å². The lowest BCUT2D eigenvalue weighted by Crippen LogP contribution is -2.01. The number of carboxylic acids is 1. The summed E-state index contributed by atoms with van der Waals surface area (Å²) in [5.74, 6) is 0.116. The summed E-state index contributed by atoms with van der Waals surface area (Å²) in [4.78, 5) is 12.0. The third-order valence-electron chi connectivity index (χ3n) is 2.12. The van der Waals surface area contributed by atoms with Gasteiger partial charge in [-0.2, -0.15) is 0 Å².